The number of rotatable bonds is 0. The van der Waals surface area contributed by atoms with Crippen molar-refractivity contribution in [3.05, 3.63) is 41.1 Å². The van der Waals surface area contributed by atoms with Gasteiger partial charge < -0.3 is 9.64 Å². The molecule has 0 spiro atoms. The van der Waals surface area contributed by atoms with Crippen molar-refractivity contribution in [3.63, 3.8) is 0 Å². The topological polar surface area (TPSA) is 93.1 Å². The lowest BCUT2D eigenvalue weighted by Crippen LogP contribution is -2.31. The van der Waals surface area contributed by atoms with E-state index in [1.165, 1.54) is 11.0 Å². The van der Waals surface area contributed by atoms with Crippen LogP contribution in [0, 0.1) is 5.82 Å². The third kappa shape index (κ3) is 3.85. The van der Waals surface area contributed by atoms with Crippen LogP contribution in [0.3, 0.4) is 0 Å². The van der Waals surface area contributed by atoms with Gasteiger partial charge in [-0.2, -0.15) is 10.2 Å². The molecule has 1 aliphatic heterocycles. The zero-order valence-electron chi connectivity index (χ0n) is 16.0. The first-order chi connectivity index (χ1) is 13.9. The second-order valence-corrected chi connectivity index (χ2v) is 8.34. The summed E-state index contributed by atoms with van der Waals surface area (Å²) in [7, 11) is 2.01. The predicted molar refractivity (Wildman–Crippen MR) is 107 cm³/mol. The monoisotopic (exact) mass is 417 g/mol. The number of aromatic amines is 1. The Morgan fingerprint density at radius 1 is 1.24 bits per heavy atom. The molecule has 0 saturated carbocycles. The van der Waals surface area contributed by atoms with Gasteiger partial charge in [0.25, 0.3) is 5.91 Å². The number of ether oxygens (including phenoxy) is 1. The molecule has 1 N–H and O–H groups in total. The van der Waals surface area contributed by atoms with Gasteiger partial charge in [0.1, 0.15) is 5.52 Å². The first kappa shape index (κ1) is 19.5. The third-order valence-corrected chi connectivity index (χ3v) is 6.00. The number of amides is 1. The van der Waals surface area contributed by atoms with Gasteiger partial charge in [-0.25, -0.2) is 4.39 Å². The van der Waals surface area contributed by atoms with Gasteiger partial charge in [-0.3, -0.25) is 18.8 Å². The van der Waals surface area contributed by atoms with Crippen LogP contribution >= 0.6 is 0 Å². The zero-order chi connectivity index (χ0) is 20.5. The minimum absolute atomic E-state index is 0.171. The van der Waals surface area contributed by atoms with E-state index < -0.39 is 16.6 Å². The fourth-order valence-electron chi connectivity index (χ4n) is 3.13. The molecule has 0 fully saturated rings. The summed E-state index contributed by atoms with van der Waals surface area (Å²) in [6.07, 6.45) is 5.17. The van der Waals surface area contributed by atoms with Gasteiger partial charge >= 0.3 is 0 Å². The number of nitrogens with zero attached hydrogens (tertiary/aromatic N) is 4. The molecule has 3 heterocycles. The Morgan fingerprint density at radius 2 is 2.07 bits per heavy atom. The van der Waals surface area contributed by atoms with Crippen molar-refractivity contribution in [2.24, 2.45) is 7.05 Å². The lowest BCUT2D eigenvalue weighted by molar-refractivity contribution is 0.0705. The fraction of sp³-hybridized carbons (Fsp3) is 0.316. The van der Waals surface area contributed by atoms with Gasteiger partial charge in [0.05, 0.1) is 35.5 Å². The number of aromatic nitrogens is 4. The smallest absolute Gasteiger partial charge is 0.274 e. The number of hydrogen-bond acceptors (Lipinski definition) is 5. The van der Waals surface area contributed by atoms with E-state index in [2.05, 4.69) is 15.3 Å². The molecule has 1 unspecified atom stereocenters. The number of carbonyl (C=O) groups excluding carboxylic acids is 1. The molecule has 0 saturated heterocycles. The number of fused-ring (bicyclic) bond motifs is 2. The second-order valence-electron chi connectivity index (χ2n) is 6.77. The molecular weight excluding hydrogens is 397 g/mol. The molecule has 8 nitrogen and oxygen atoms in total. The molecule has 1 aliphatic rings. The number of H-pyrrole nitrogens is 1. The third-order valence-electron chi connectivity index (χ3n) is 4.70. The number of benzene rings is 1. The molecular formula is C19H20FN5O3S. The summed E-state index contributed by atoms with van der Waals surface area (Å²) in [6.45, 7) is 0.911. The SMILES string of the molecule is CN1CCOCCS(=O)c2cc(F)c3n[nH]c(c3c2)/C=C/c2cn(C)nc2C1=O. The van der Waals surface area contributed by atoms with Gasteiger partial charge in [0.2, 0.25) is 0 Å². The van der Waals surface area contributed by atoms with Crippen LogP contribution in [0.2, 0.25) is 0 Å². The summed E-state index contributed by atoms with van der Waals surface area (Å²) >= 11 is 0. The molecule has 1 amide bonds. The van der Waals surface area contributed by atoms with Crippen molar-refractivity contribution in [2.75, 3.05) is 32.6 Å². The number of halogens is 1. The van der Waals surface area contributed by atoms with E-state index >= 15 is 0 Å². The van der Waals surface area contributed by atoms with E-state index in [0.717, 1.165) is 0 Å². The van der Waals surface area contributed by atoms with Crippen molar-refractivity contribution in [2.45, 2.75) is 4.90 Å². The first-order valence-electron chi connectivity index (χ1n) is 9.05. The van der Waals surface area contributed by atoms with Crippen molar-refractivity contribution in [1.29, 1.82) is 0 Å². The Morgan fingerprint density at radius 3 is 2.90 bits per heavy atom. The molecule has 2 aromatic heterocycles. The summed E-state index contributed by atoms with van der Waals surface area (Å²) < 4.78 is 34.1. The molecule has 29 heavy (non-hydrogen) atoms. The predicted octanol–water partition coefficient (Wildman–Crippen LogP) is 1.82. The number of aryl methyl sites for hydroxylation is 1. The minimum atomic E-state index is -1.41. The maximum Gasteiger partial charge on any atom is 0.274 e. The van der Waals surface area contributed by atoms with Crippen molar-refractivity contribution in [3.8, 4) is 0 Å². The molecule has 152 valence electrons. The summed E-state index contributed by atoms with van der Waals surface area (Å²) in [5, 5.41) is 11.6. The number of nitrogens with one attached hydrogen (secondary N) is 1. The van der Waals surface area contributed by atoms with E-state index in [-0.39, 0.29) is 23.8 Å². The largest absolute Gasteiger partial charge is 0.379 e. The average molecular weight is 417 g/mol. The van der Waals surface area contributed by atoms with Crippen LogP contribution in [-0.2, 0) is 22.6 Å². The molecule has 2 bridgehead atoms. The fourth-order valence-corrected chi connectivity index (χ4v) is 4.12. The zero-order valence-corrected chi connectivity index (χ0v) is 16.8. The van der Waals surface area contributed by atoms with Crippen molar-refractivity contribution >= 4 is 39.8 Å². The Hall–Kier alpha value is -2.85. The molecule has 1 aromatic carbocycles. The first-order valence-corrected chi connectivity index (χ1v) is 10.4. The standard InChI is InChI=1S/C19H20FN5O3S/c1-24-5-6-28-7-8-29(27)13-9-14-16(21-22-18(14)15(20)10-13)4-3-12-11-25(2)23-17(12)19(24)26/h3-4,9-11H,5-8H2,1-2H3,(H,21,22)/b4-3+. The van der Waals surface area contributed by atoms with E-state index in [1.54, 1.807) is 43.2 Å². The highest BCUT2D eigenvalue weighted by Gasteiger charge is 2.19. The minimum Gasteiger partial charge on any atom is -0.379 e. The Bertz CT molecular complexity index is 1140. The molecule has 4 rings (SSSR count). The summed E-state index contributed by atoms with van der Waals surface area (Å²) in [6, 6.07) is 2.92. The van der Waals surface area contributed by atoms with Crippen LogP contribution < -0.4 is 0 Å². The normalized spacial score (nSPS) is 19.6. The number of hydrogen-bond donors (Lipinski definition) is 1. The summed E-state index contributed by atoms with van der Waals surface area (Å²) in [5.74, 6) is -0.536. The highest BCUT2D eigenvalue weighted by molar-refractivity contribution is 7.85. The molecule has 1 atom stereocenters. The summed E-state index contributed by atoms with van der Waals surface area (Å²) in [4.78, 5) is 14.7. The van der Waals surface area contributed by atoms with Crippen LogP contribution in [0.5, 0.6) is 0 Å². The van der Waals surface area contributed by atoms with Gasteiger partial charge in [-0.1, -0.05) is 0 Å². The molecule has 0 radical (unpaired) electrons. The van der Waals surface area contributed by atoms with Gasteiger partial charge in [0.15, 0.2) is 11.5 Å². The average Bonchev–Trinajstić information content (AvgIpc) is 3.27. The highest BCUT2D eigenvalue weighted by Crippen LogP contribution is 2.25. The second kappa shape index (κ2) is 7.88. The molecule has 10 heteroatoms. The highest BCUT2D eigenvalue weighted by atomic mass is 32.2. The lowest BCUT2D eigenvalue weighted by atomic mass is 10.1. The van der Waals surface area contributed by atoms with Crippen LogP contribution in [0.15, 0.2) is 23.2 Å². The van der Waals surface area contributed by atoms with Crippen LogP contribution in [0.1, 0.15) is 21.7 Å². The lowest BCUT2D eigenvalue weighted by Gasteiger charge is -2.16. The number of likely N-dealkylation sites (N-methyl/N-ethyl adjacent to an activating group) is 1. The van der Waals surface area contributed by atoms with Gasteiger partial charge in [0, 0.05) is 42.7 Å². The Labute approximate surface area is 168 Å². The van der Waals surface area contributed by atoms with E-state index in [0.29, 0.717) is 40.4 Å². The van der Waals surface area contributed by atoms with E-state index in [1.807, 2.05) is 0 Å². The Balaban J connectivity index is 1.82. The maximum atomic E-state index is 14.5. The summed E-state index contributed by atoms with van der Waals surface area (Å²) in [5.41, 5.74) is 1.66. The Kier molecular flexibility index (Phi) is 5.29. The van der Waals surface area contributed by atoms with Crippen LogP contribution in [0.25, 0.3) is 23.1 Å². The van der Waals surface area contributed by atoms with Gasteiger partial charge in [-0.05, 0) is 24.3 Å². The number of carbonyl (C=O) groups is 1. The van der Waals surface area contributed by atoms with Gasteiger partial charge in [-0.15, -0.1) is 0 Å². The van der Waals surface area contributed by atoms with E-state index in [9.17, 15) is 13.4 Å². The molecule has 0 aliphatic carbocycles. The quantitative estimate of drug-likeness (QED) is 0.602. The molecule has 3 aromatic rings. The van der Waals surface area contributed by atoms with E-state index in [4.69, 9.17) is 4.74 Å². The van der Waals surface area contributed by atoms with Crippen molar-refractivity contribution in [1.82, 2.24) is 24.9 Å². The maximum absolute atomic E-state index is 14.5. The van der Waals surface area contributed by atoms with Crippen LogP contribution in [0.4, 0.5) is 4.39 Å². The van der Waals surface area contributed by atoms with Crippen molar-refractivity contribution < 1.29 is 18.1 Å². The van der Waals surface area contributed by atoms with Crippen LogP contribution in [-0.4, -0.2) is 67.6 Å².